The first-order valence-electron chi connectivity index (χ1n) is 15.9. The summed E-state index contributed by atoms with van der Waals surface area (Å²) in [4.78, 5) is 26.5. The predicted octanol–water partition coefficient (Wildman–Crippen LogP) is 9.43. The first-order valence-corrected chi connectivity index (χ1v) is 15.9. The van der Waals surface area contributed by atoms with Crippen molar-refractivity contribution in [3.8, 4) is 0 Å². The molecule has 4 unspecified atom stereocenters. The second-order valence-electron chi connectivity index (χ2n) is 11.4. The third-order valence-corrected chi connectivity index (χ3v) is 8.30. The van der Waals surface area contributed by atoms with Gasteiger partial charge in [-0.05, 0) is 37.5 Å². The van der Waals surface area contributed by atoms with Gasteiger partial charge in [-0.1, -0.05) is 130 Å². The van der Waals surface area contributed by atoms with E-state index in [9.17, 15) is 9.59 Å². The first kappa shape index (κ1) is 33.0. The lowest BCUT2D eigenvalue weighted by molar-refractivity contribution is -0.165. The van der Waals surface area contributed by atoms with E-state index >= 15 is 0 Å². The van der Waals surface area contributed by atoms with Gasteiger partial charge in [0.15, 0.2) is 0 Å². The average Bonchev–Trinajstić information content (AvgIpc) is 3.04. The van der Waals surface area contributed by atoms with Gasteiger partial charge in [0.2, 0.25) is 0 Å². The molecular formula is C32H60O4. The quantitative estimate of drug-likeness (QED) is 0.0880. The Morgan fingerprint density at radius 2 is 1.00 bits per heavy atom. The molecule has 0 radical (unpaired) electrons. The second-order valence-corrected chi connectivity index (χ2v) is 11.4. The van der Waals surface area contributed by atoms with E-state index in [0.29, 0.717) is 13.2 Å². The molecule has 1 aliphatic carbocycles. The lowest BCUT2D eigenvalue weighted by Crippen LogP contribution is -2.39. The summed E-state index contributed by atoms with van der Waals surface area (Å²) >= 11 is 0. The van der Waals surface area contributed by atoms with Crippen molar-refractivity contribution in [2.45, 2.75) is 156 Å². The number of hydrogen-bond donors (Lipinski definition) is 0. The standard InChI is InChI=1S/C32H60O4/c1-5-8-10-12-14-16-18-20-25-35-31(33)29-27(4)23-22-24-28(7-3)30(29)32(34)36-26-21-19-17-15-13-11-9-6-2/h27-30H,5-26H2,1-4H3. The van der Waals surface area contributed by atoms with Crippen LogP contribution in [0.1, 0.15) is 156 Å². The monoisotopic (exact) mass is 508 g/mol. The van der Waals surface area contributed by atoms with Gasteiger partial charge in [0.25, 0.3) is 0 Å². The number of rotatable bonds is 21. The molecule has 1 saturated carbocycles. The summed E-state index contributed by atoms with van der Waals surface area (Å²) in [6.45, 7) is 9.71. The highest BCUT2D eigenvalue weighted by atomic mass is 16.5. The van der Waals surface area contributed by atoms with Gasteiger partial charge in [-0.15, -0.1) is 0 Å². The topological polar surface area (TPSA) is 52.6 Å². The summed E-state index contributed by atoms with van der Waals surface area (Å²) < 4.78 is 11.6. The van der Waals surface area contributed by atoms with E-state index in [1.54, 1.807) is 0 Å². The highest BCUT2D eigenvalue weighted by Gasteiger charge is 2.45. The van der Waals surface area contributed by atoms with E-state index in [1.165, 1.54) is 77.0 Å². The molecule has 0 saturated heterocycles. The molecule has 1 aliphatic rings. The number of unbranched alkanes of at least 4 members (excludes halogenated alkanes) is 14. The highest BCUT2D eigenvalue weighted by molar-refractivity contribution is 5.82. The second kappa shape index (κ2) is 22.0. The zero-order valence-electron chi connectivity index (χ0n) is 24.5. The van der Waals surface area contributed by atoms with E-state index < -0.39 is 0 Å². The van der Waals surface area contributed by atoms with Gasteiger partial charge in [-0.2, -0.15) is 0 Å². The van der Waals surface area contributed by atoms with Crippen LogP contribution in [0, 0.1) is 23.7 Å². The van der Waals surface area contributed by atoms with Crippen LogP contribution in [0.3, 0.4) is 0 Å². The molecule has 212 valence electrons. The first-order chi connectivity index (χ1) is 17.6. The Hall–Kier alpha value is -1.06. The molecule has 0 heterocycles. The van der Waals surface area contributed by atoms with Crippen molar-refractivity contribution in [3.63, 3.8) is 0 Å². The smallest absolute Gasteiger partial charge is 0.310 e. The zero-order chi connectivity index (χ0) is 26.4. The number of carbonyl (C=O) groups excluding carboxylic acids is 2. The minimum atomic E-state index is -0.363. The molecule has 0 aromatic heterocycles. The molecule has 4 atom stereocenters. The van der Waals surface area contributed by atoms with Gasteiger partial charge >= 0.3 is 11.9 Å². The molecule has 4 heteroatoms. The van der Waals surface area contributed by atoms with Crippen LogP contribution in [0.2, 0.25) is 0 Å². The summed E-state index contributed by atoms with van der Waals surface area (Å²) in [5, 5.41) is 0. The Morgan fingerprint density at radius 1 is 0.583 bits per heavy atom. The van der Waals surface area contributed by atoms with Crippen molar-refractivity contribution in [3.05, 3.63) is 0 Å². The van der Waals surface area contributed by atoms with E-state index in [2.05, 4.69) is 27.7 Å². The normalized spacial score (nSPS) is 22.2. The van der Waals surface area contributed by atoms with E-state index in [-0.39, 0.29) is 35.6 Å². The van der Waals surface area contributed by atoms with Crippen molar-refractivity contribution in [2.75, 3.05) is 13.2 Å². The molecular weight excluding hydrogens is 448 g/mol. The Bertz CT molecular complexity index is 546. The maximum Gasteiger partial charge on any atom is 0.310 e. The molecule has 0 N–H and O–H groups in total. The van der Waals surface area contributed by atoms with E-state index in [1.807, 2.05) is 0 Å². The Balaban J connectivity index is 2.48. The van der Waals surface area contributed by atoms with Crippen LogP contribution < -0.4 is 0 Å². The predicted molar refractivity (Wildman–Crippen MR) is 151 cm³/mol. The van der Waals surface area contributed by atoms with Crippen molar-refractivity contribution in [1.82, 2.24) is 0 Å². The molecule has 4 nitrogen and oxygen atoms in total. The minimum Gasteiger partial charge on any atom is -0.465 e. The maximum atomic E-state index is 13.3. The van der Waals surface area contributed by atoms with Crippen LogP contribution in [-0.2, 0) is 19.1 Å². The summed E-state index contributed by atoms with van der Waals surface area (Å²) in [6.07, 6.45) is 23.5. The van der Waals surface area contributed by atoms with Crippen LogP contribution in [-0.4, -0.2) is 25.2 Å². The van der Waals surface area contributed by atoms with Crippen LogP contribution in [0.15, 0.2) is 0 Å². The van der Waals surface area contributed by atoms with Gasteiger partial charge in [0.05, 0.1) is 25.0 Å². The SMILES string of the molecule is CCCCCCCCCCOC(=O)C1C(C)CCCC(CC)C1C(=O)OCCCCCCCCCC. The average molecular weight is 509 g/mol. The van der Waals surface area contributed by atoms with Gasteiger partial charge < -0.3 is 9.47 Å². The molecule has 0 aromatic carbocycles. The lowest BCUT2D eigenvalue weighted by Gasteiger charge is -2.30. The third kappa shape index (κ3) is 14.0. The molecule has 0 aliphatic heterocycles. The lowest BCUT2D eigenvalue weighted by atomic mass is 9.75. The third-order valence-electron chi connectivity index (χ3n) is 8.30. The molecule has 0 spiro atoms. The van der Waals surface area contributed by atoms with Crippen LogP contribution >= 0.6 is 0 Å². The van der Waals surface area contributed by atoms with Crippen molar-refractivity contribution < 1.29 is 19.1 Å². The minimum absolute atomic E-state index is 0.160. The number of carbonyl (C=O) groups is 2. The fourth-order valence-corrected chi connectivity index (χ4v) is 5.89. The molecule has 1 rings (SSSR count). The van der Waals surface area contributed by atoms with Gasteiger partial charge in [0.1, 0.15) is 0 Å². The van der Waals surface area contributed by atoms with E-state index in [0.717, 1.165) is 51.4 Å². The summed E-state index contributed by atoms with van der Waals surface area (Å²) in [5.74, 6) is -0.674. The highest BCUT2D eigenvalue weighted by Crippen LogP contribution is 2.40. The number of ether oxygens (including phenoxy) is 2. The Labute approximate surface area is 224 Å². The summed E-state index contributed by atoms with van der Waals surface area (Å²) in [5.41, 5.74) is 0. The Kier molecular flexibility index (Phi) is 20.1. The van der Waals surface area contributed by atoms with E-state index in [4.69, 9.17) is 9.47 Å². The van der Waals surface area contributed by atoms with Crippen LogP contribution in [0.4, 0.5) is 0 Å². The Morgan fingerprint density at radius 3 is 1.44 bits per heavy atom. The molecule has 0 bridgehead atoms. The van der Waals surface area contributed by atoms with Gasteiger partial charge in [-0.25, -0.2) is 0 Å². The fourth-order valence-electron chi connectivity index (χ4n) is 5.89. The summed E-state index contributed by atoms with van der Waals surface area (Å²) in [7, 11) is 0. The van der Waals surface area contributed by atoms with Gasteiger partial charge in [-0.3, -0.25) is 9.59 Å². The van der Waals surface area contributed by atoms with Crippen molar-refractivity contribution >= 4 is 11.9 Å². The molecule has 1 fully saturated rings. The fraction of sp³-hybridized carbons (Fsp3) is 0.938. The molecule has 36 heavy (non-hydrogen) atoms. The largest absolute Gasteiger partial charge is 0.465 e. The zero-order valence-corrected chi connectivity index (χ0v) is 24.5. The van der Waals surface area contributed by atoms with Crippen LogP contribution in [0.5, 0.6) is 0 Å². The number of esters is 2. The summed E-state index contributed by atoms with van der Waals surface area (Å²) in [6, 6.07) is 0. The molecule has 0 amide bonds. The van der Waals surface area contributed by atoms with Gasteiger partial charge in [0, 0.05) is 0 Å². The van der Waals surface area contributed by atoms with Crippen molar-refractivity contribution in [1.29, 1.82) is 0 Å². The van der Waals surface area contributed by atoms with Crippen molar-refractivity contribution in [2.24, 2.45) is 23.7 Å². The number of hydrogen-bond acceptors (Lipinski definition) is 4. The van der Waals surface area contributed by atoms with Crippen LogP contribution in [0.25, 0.3) is 0 Å². The maximum absolute atomic E-state index is 13.3. The molecule has 0 aromatic rings.